The number of thiophene rings is 1. The Bertz CT molecular complexity index is 926. The van der Waals surface area contributed by atoms with Gasteiger partial charge in [-0.3, -0.25) is 15.0 Å². The number of rotatable bonds is 7. The van der Waals surface area contributed by atoms with Crippen LogP contribution in [0.15, 0.2) is 34.5 Å². The maximum atomic E-state index is 12.8. The van der Waals surface area contributed by atoms with Gasteiger partial charge in [0.1, 0.15) is 0 Å². The van der Waals surface area contributed by atoms with Crippen molar-refractivity contribution < 1.29 is 13.3 Å². The van der Waals surface area contributed by atoms with E-state index in [1.54, 1.807) is 11.3 Å². The summed E-state index contributed by atoms with van der Waals surface area (Å²) in [5.74, 6) is 0. The van der Waals surface area contributed by atoms with Crippen LogP contribution in [0.25, 0.3) is 0 Å². The second-order valence-electron chi connectivity index (χ2n) is 6.43. The molecule has 0 amide bonds. The standard InChI is InChI=1S/C17H20ClN3O4S2/c1-12-14(18)9-13(10-15(12)21(22)23)27(24,25)19-11-16(17-5-4-8-26-17)20-6-2-3-7-20/h4-5,8-10,16,19H,2-3,6-7,11H2,1H3. The number of hydrogen-bond donors (Lipinski definition) is 1. The Morgan fingerprint density at radius 2 is 2.07 bits per heavy atom. The van der Waals surface area contributed by atoms with Gasteiger partial charge in [-0.25, -0.2) is 13.1 Å². The van der Waals surface area contributed by atoms with Gasteiger partial charge in [-0.2, -0.15) is 0 Å². The van der Waals surface area contributed by atoms with Crippen molar-refractivity contribution in [1.82, 2.24) is 9.62 Å². The molecule has 0 saturated carbocycles. The molecule has 1 atom stereocenters. The SMILES string of the molecule is Cc1c(Cl)cc(S(=O)(=O)NCC(c2cccs2)N2CCCC2)cc1[N+](=O)[O-]. The van der Waals surface area contributed by atoms with Gasteiger partial charge in [0, 0.05) is 23.1 Å². The summed E-state index contributed by atoms with van der Waals surface area (Å²) in [6.07, 6.45) is 2.18. The predicted molar refractivity (Wildman–Crippen MR) is 106 cm³/mol. The van der Waals surface area contributed by atoms with Crippen LogP contribution in [0.2, 0.25) is 5.02 Å². The second kappa shape index (κ2) is 8.24. The molecule has 0 radical (unpaired) electrons. The first kappa shape index (κ1) is 20.2. The predicted octanol–water partition coefficient (Wildman–Crippen LogP) is 3.73. The Labute approximate surface area is 167 Å². The fourth-order valence-electron chi connectivity index (χ4n) is 3.20. The third kappa shape index (κ3) is 4.49. The molecule has 7 nitrogen and oxygen atoms in total. The van der Waals surface area contributed by atoms with E-state index < -0.39 is 14.9 Å². The highest BCUT2D eigenvalue weighted by Crippen LogP contribution is 2.31. The van der Waals surface area contributed by atoms with Crippen LogP contribution in [-0.2, 0) is 10.0 Å². The minimum Gasteiger partial charge on any atom is -0.294 e. The summed E-state index contributed by atoms with van der Waals surface area (Å²) in [5.41, 5.74) is -0.0635. The van der Waals surface area contributed by atoms with Crippen LogP contribution in [-0.4, -0.2) is 37.9 Å². The molecule has 1 aliphatic heterocycles. The quantitative estimate of drug-likeness (QED) is 0.534. The van der Waals surface area contributed by atoms with Gasteiger partial charge in [-0.1, -0.05) is 17.7 Å². The van der Waals surface area contributed by atoms with Crippen molar-refractivity contribution in [2.24, 2.45) is 0 Å². The van der Waals surface area contributed by atoms with Crippen LogP contribution in [0.1, 0.15) is 29.3 Å². The third-order valence-corrected chi connectivity index (χ3v) is 7.49. The van der Waals surface area contributed by atoms with Gasteiger partial charge in [0.15, 0.2) is 0 Å². The number of hydrogen-bond acceptors (Lipinski definition) is 6. The minimum absolute atomic E-state index is 0.0546. The number of nitro benzene ring substituents is 1. The maximum Gasteiger partial charge on any atom is 0.275 e. The monoisotopic (exact) mass is 429 g/mol. The zero-order chi connectivity index (χ0) is 19.6. The number of halogens is 1. The largest absolute Gasteiger partial charge is 0.294 e. The summed E-state index contributed by atoms with van der Waals surface area (Å²) in [6, 6.07) is 6.19. The molecule has 146 valence electrons. The molecule has 1 aromatic carbocycles. The van der Waals surface area contributed by atoms with Gasteiger partial charge in [0.05, 0.1) is 20.9 Å². The Morgan fingerprint density at radius 3 is 2.67 bits per heavy atom. The Kier molecular flexibility index (Phi) is 6.17. The summed E-state index contributed by atoms with van der Waals surface area (Å²) >= 11 is 7.60. The van der Waals surface area contributed by atoms with Gasteiger partial charge < -0.3 is 0 Å². The minimum atomic E-state index is -3.93. The van der Waals surface area contributed by atoms with E-state index in [1.807, 2.05) is 17.5 Å². The topological polar surface area (TPSA) is 92.6 Å². The van der Waals surface area contributed by atoms with Crippen molar-refractivity contribution in [2.75, 3.05) is 19.6 Å². The van der Waals surface area contributed by atoms with Crippen LogP contribution in [0.4, 0.5) is 5.69 Å². The molecule has 0 aliphatic carbocycles. The van der Waals surface area contributed by atoms with Gasteiger partial charge in [-0.15, -0.1) is 11.3 Å². The summed E-state index contributed by atoms with van der Waals surface area (Å²) in [6.45, 7) is 3.53. The van der Waals surface area contributed by atoms with Gasteiger partial charge in [0.25, 0.3) is 5.69 Å². The lowest BCUT2D eigenvalue weighted by molar-refractivity contribution is -0.385. The number of likely N-dealkylation sites (tertiary alicyclic amines) is 1. The van der Waals surface area contributed by atoms with Crippen molar-refractivity contribution in [3.8, 4) is 0 Å². The molecule has 10 heteroatoms. The number of benzene rings is 1. The smallest absolute Gasteiger partial charge is 0.275 e. The van der Waals surface area contributed by atoms with Crippen LogP contribution in [0.5, 0.6) is 0 Å². The molecule has 1 fully saturated rings. The van der Waals surface area contributed by atoms with Gasteiger partial charge in [-0.05, 0) is 50.4 Å². The zero-order valence-corrected chi connectivity index (χ0v) is 17.1. The zero-order valence-electron chi connectivity index (χ0n) is 14.7. The molecule has 0 spiro atoms. The lowest BCUT2D eigenvalue weighted by Crippen LogP contribution is -2.36. The molecule has 3 rings (SSSR count). The molecule has 1 saturated heterocycles. The normalized spacial score (nSPS) is 16.5. The number of sulfonamides is 1. The molecule has 1 aromatic heterocycles. The summed E-state index contributed by atoms with van der Waals surface area (Å²) in [7, 11) is -3.93. The number of nitrogens with zero attached hydrogens (tertiary/aromatic N) is 2. The Balaban J connectivity index is 1.84. The fourth-order valence-corrected chi connectivity index (χ4v) is 5.42. The first-order valence-corrected chi connectivity index (χ1v) is 11.3. The molecular weight excluding hydrogens is 410 g/mol. The average Bonchev–Trinajstić information content (AvgIpc) is 3.31. The number of nitrogens with one attached hydrogen (secondary N) is 1. The lowest BCUT2D eigenvalue weighted by atomic mass is 10.2. The van der Waals surface area contributed by atoms with E-state index in [9.17, 15) is 18.5 Å². The van der Waals surface area contributed by atoms with E-state index in [0.717, 1.165) is 36.9 Å². The van der Waals surface area contributed by atoms with Crippen LogP contribution < -0.4 is 4.72 Å². The Hall–Kier alpha value is -1.52. The molecule has 1 N–H and O–H groups in total. The van der Waals surface area contributed by atoms with E-state index in [4.69, 9.17) is 11.6 Å². The lowest BCUT2D eigenvalue weighted by Gasteiger charge is -2.26. The fraction of sp³-hybridized carbons (Fsp3) is 0.412. The Morgan fingerprint density at radius 1 is 1.37 bits per heavy atom. The van der Waals surface area contributed by atoms with Crippen LogP contribution >= 0.6 is 22.9 Å². The highest BCUT2D eigenvalue weighted by molar-refractivity contribution is 7.89. The third-order valence-electron chi connectivity index (χ3n) is 4.72. The van der Waals surface area contributed by atoms with Crippen molar-refractivity contribution in [3.05, 3.63) is 55.2 Å². The number of nitro groups is 1. The molecule has 2 heterocycles. The maximum absolute atomic E-state index is 12.8. The second-order valence-corrected chi connectivity index (χ2v) is 9.59. The van der Waals surface area contributed by atoms with E-state index in [0.29, 0.717) is 0 Å². The molecular formula is C17H20ClN3O4S2. The first-order chi connectivity index (χ1) is 12.8. The summed E-state index contributed by atoms with van der Waals surface area (Å²) < 4.78 is 28.1. The molecule has 0 bridgehead atoms. The van der Waals surface area contributed by atoms with Crippen LogP contribution in [0.3, 0.4) is 0 Å². The van der Waals surface area contributed by atoms with Crippen molar-refractivity contribution in [2.45, 2.75) is 30.7 Å². The molecule has 1 aliphatic rings. The highest BCUT2D eigenvalue weighted by Gasteiger charge is 2.27. The van der Waals surface area contributed by atoms with Crippen molar-refractivity contribution >= 4 is 38.6 Å². The van der Waals surface area contributed by atoms with Gasteiger partial charge >= 0.3 is 0 Å². The van der Waals surface area contributed by atoms with E-state index in [2.05, 4.69) is 9.62 Å². The summed E-state index contributed by atoms with van der Waals surface area (Å²) in [4.78, 5) is 13.7. The average molecular weight is 430 g/mol. The molecule has 1 unspecified atom stereocenters. The van der Waals surface area contributed by atoms with E-state index in [1.165, 1.54) is 13.0 Å². The highest BCUT2D eigenvalue weighted by atomic mass is 35.5. The van der Waals surface area contributed by atoms with E-state index >= 15 is 0 Å². The molecule has 27 heavy (non-hydrogen) atoms. The molecule has 2 aromatic rings. The van der Waals surface area contributed by atoms with Crippen molar-refractivity contribution in [1.29, 1.82) is 0 Å². The van der Waals surface area contributed by atoms with Crippen LogP contribution in [0, 0.1) is 17.0 Å². The van der Waals surface area contributed by atoms with Gasteiger partial charge in [0.2, 0.25) is 10.0 Å². The first-order valence-electron chi connectivity index (χ1n) is 8.51. The van der Waals surface area contributed by atoms with E-state index in [-0.39, 0.29) is 33.8 Å². The summed E-state index contributed by atoms with van der Waals surface area (Å²) in [5, 5.41) is 13.2. The van der Waals surface area contributed by atoms with Crippen molar-refractivity contribution in [3.63, 3.8) is 0 Å².